The molecule has 5 heteroatoms. The maximum absolute atomic E-state index is 11.3. The van der Waals surface area contributed by atoms with E-state index < -0.39 is 5.97 Å². The Morgan fingerprint density at radius 1 is 1.53 bits per heavy atom. The SMILES string of the molecule is CC(C)Cc1nc(C2CC3CCC2O3)sc1C(=O)O. The van der Waals surface area contributed by atoms with Crippen molar-refractivity contribution in [3.05, 3.63) is 15.6 Å². The first-order valence-corrected chi connectivity index (χ1v) is 7.74. The van der Waals surface area contributed by atoms with Gasteiger partial charge in [-0.3, -0.25) is 0 Å². The molecule has 3 atom stereocenters. The van der Waals surface area contributed by atoms with E-state index in [9.17, 15) is 9.90 Å². The van der Waals surface area contributed by atoms with Crippen molar-refractivity contribution in [3.63, 3.8) is 0 Å². The van der Waals surface area contributed by atoms with Gasteiger partial charge in [0.05, 0.1) is 22.9 Å². The number of carbonyl (C=O) groups is 1. The molecule has 3 rings (SSSR count). The number of aromatic carboxylic acids is 1. The van der Waals surface area contributed by atoms with Gasteiger partial charge in [-0.15, -0.1) is 11.3 Å². The first-order valence-electron chi connectivity index (χ1n) is 6.93. The van der Waals surface area contributed by atoms with E-state index in [1.54, 1.807) is 0 Å². The number of ether oxygens (including phenoxy) is 1. The van der Waals surface area contributed by atoms with Gasteiger partial charge in [-0.05, 0) is 31.6 Å². The molecule has 2 aliphatic rings. The quantitative estimate of drug-likeness (QED) is 0.921. The van der Waals surface area contributed by atoms with Crippen molar-refractivity contribution in [2.24, 2.45) is 5.92 Å². The Morgan fingerprint density at radius 2 is 2.32 bits per heavy atom. The van der Waals surface area contributed by atoms with Gasteiger partial charge >= 0.3 is 5.97 Å². The molecule has 0 saturated carbocycles. The van der Waals surface area contributed by atoms with Crippen LogP contribution in [0.15, 0.2) is 0 Å². The van der Waals surface area contributed by atoms with Gasteiger partial charge in [0, 0.05) is 5.92 Å². The van der Waals surface area contributed by atoms with Crippen molar-refractivity contribution in [1.29, 1.82) is 0 Å². The second-order valence-electron chi connectivity index (χ2n) is 5.95. The molecule has 1 aromatic rings. The van der Waals surface area contributed by atoms with Crippen molar-refractivity contribution in [2.45, 2.75) is 57.7 Å². The number of aromatic nitrogens is 1. The van der Waals surface area contributed by atoms with Gasteiger partial charge in [-0.1, -0.05) is 13.8 Å². The zero-order valence-electron chi connectivity index (χ0n) is 11.3. The van der Waals surface area contributed by atoms with E-state index in [2.05, 4.69) is 18.8 Å². The number of thiazole rings is 1. The van der Waals surface area contributed by atoms with Crippen LogP contribution in [0.25, 0.3) is 0 Å². The molecule has 19 heavy (non-hydrogen) atoms. The average Bonchev–Trinajstić information content (AvgIpc) is 3.00. The van der Waals surface area contributed by atoms with Gasteiger partial charge in [0.1, 0.15) is 4.88 Å². The van der Waals surface area contributed by atoms with Gasteiger partial charge in [-0.2, -0.15) is 0 Å². The topological polar surface area (TPSA) is 59.4 Å². The molecule has 0 aliphatic carbocycles. The van der Waals surface area contributed by atoms with E-state index in [0.29, 0.717) is 22.8 Å². The summed E-state index contributed by atoms with van der Waals surface area (Å²) in [5, 5.41) is 10.3. The normalized spacial score (nSPS) is 29.3. The first kappa shape index (κ1) is 13.1. The number of nitrogens with zero attached hydrogens (tertiary/aromatic N) is 1. The Labute approximate surface area is 116 Å². The van der Waals surface area contributed by atoms with E-state index >= 15 is 0 Å². The van der Waals surface area contributed by atoms with E-state index in [4.69, 9.17) is 4.74 Å². The summed E-state index contributed by atoms with van der Waals surface area (Å²) in [4.78, 5) is 16.4. The van der Waals surface area contributed by atoms with E-state index in [1.807, 2.05) is 0 Å². The third-order valence-corrected chi connectivity index (χ3v) is 5.15. The molecule has 4 nitrogen and oxygen atoms in total. The number of hydrogen-bond donors (Lipinski definition) is 1. The van der Waals surface area contributed by atoms with Gasteiger partial charge in [-0.25, -0.2) is 9.78 Å². The fraction of sp³-hybridized carbons (Fsp3) is 0.714. The standard InChI is InChI=1S/C14H19NO3S/c1-7(2)5-10-12(14(16)17)19-13(15-10)9-6-8-3-4-11(9)18-8/h7-9,11H,3-6H2,1-2H3,(H,16,17). The van der Waals surface area contributed by atoms with Crippen LogP contribution in [-0.2, 0) is 11.2 Å². The third kappa shape index (κ3) is 2.41. The number of carboxylic acid groups (broad SMARTS) is 1. The molecule has 104 valence electrons. The lowest BCUT2D eigenvalue weighted by atomic mass is 9.90. The molecule has 2 fully saturated rings. The highest BCUT2D eigenvalue weighted by molar-refractivity contribution is 7.13. The average molecular weight is 281 g/mol. The number of fused-ring (bicyclic) bond motifs is 2. The highest BCUT2D eigenvalue weighted by atomic mass is 32.1. The smallest absolute Gasteiger partial charge is 0.347 e. The summed E-state index contributed by atoms with van der Waals surface area (Å²) in [5.41, 5.74) is 0.755. The molecule has 1 N–H and O–H groups in total. The fourth-order valence-electron chi connectivity index (χ4n) is 3.12. The monoisotopic (exact) mass is 281 g/mol. The molecule has 2 aliphatic heterocycles. The van der Waals surface area contributed by atoms with Crippen LogP contribution >= 0.6 is 11.3 Å². The largest absolute Gasteiger partial charge is 0.477 e. The molecule has 3 unspecified atom stereocenters. The van der Waals surface area contributed by atoms with Crippen LogP contribution in [0.5, 0.6) is 0 Å². The summed E-state index contributed by atoms with van der Waals surface area (Å²) < 4.78 is 5.85. The van der Waals surface area contributed by atoms with E-state index in [0.717, 1.165) is 36.4 Å². The molecule has 2 bridgehead atoms. The molecular formula is C14H19NO3S. The highest BCUT2D eigenvalue weighted by Crippen LogP contribution is 2.45. The van der Waals surface area contributed by atoms with Crippen LogP contribution < -0.4 is 0 Å². The van der Waals surface area contributed by atoms with Crippen LogP contribution in [0.1, 0.15) is 59.4 Å². The van der Waals surface area contributed by atoms with Crippen LogP contribution in [0.2, 0.25) is 0 Å². The lowest BCUT2D eigenvalue weighted by molar-refractivity contribution is 0.0700. The van der Waals surface area contributed by atoms with Crippen molar-refractivity contribution >= 4 is 17.3 Å². The maximum Gasteiger partial charge on any atom is 0.347 e. The third-order valence-electron chi connectivity index (χ3n) is 3.93. The summed E-state index contributed by atoms with van der Waals surface area (Å²) in [7, 11) is 0. The predicted octanol–water partition coefficient (Wildman–Crippen LogP) is 3.07. The Morgan fingerprint density at radius 3 is 2.84 bits per heavy atom. The summed E-state index contributed by atoms with van der Waals surface area (Å²) >= 11 is 1.36. The molecular weight excluding hydrogens is 262 g/mol. The van der Waals surface area contributed by atoms with Gasteiger partial charge < -0.3 is 9.84 Å². The summed E-state index contributed by atoms with van der Waals surface area (Å²) in [6.45, 7) is 4.18. The number of carboxylic acids is 1. The van der Waals surface area contributed by atoms with Gasteiger partial charge in [0.25, 0.3) is 0 Å². The van der Waals surface area contributed by atoms with Crippen molar-refractivity contribution < 1.29 is 14.6 Å². The van der Waals surface area contributed by atoms with Crippen molar-refractivity contribution in [3.8, 4) is 0 Å². The minimum absolute atomic E-state index is 0.268. The zero-order chi connectivity index (χ0) is 13.6. The number of rotatable bonds is 4. The molecule has 3 heterocycles. The highest BCUT2D eigenvalue weighted by Gasteiger charge is 2.43. The molecule has 2 saturated heterocycles. The second kappa shape index (κ2) is 4.87. The molecule has 0 aromatic carbocycles. The zero-order valence-corrected chi connectivity index (χ0v) is 12.1. The van der Waals surface area contributed by atoms with Crippen LogP contribution in [0.3, 0.4) is 0 Å². The predicted molar refractivity (Wildman–Crippen MR) is 72.9 cm³/mol. The van der Waals surface area contributed by atoms with Crippen molar-refractivity contribution in [1.82, 2.24) is 4.98 Å². The Balaban J connectivity index is 1.88. The van der Waals surface area contributed by atoms with Crippen molar-refractivity contribution in [2.75, 3.05) is 0 Å². The lowest BCUT2D eigenvalue weighted by Gasteiger charge is -2.15. The summed E-state index contributed by atoms with van der Waals surface area (Å²) in [6, 6.07) is 0. The minimum atomic E-state index is -0.844. The Hall–Kier alpha value is -0.940. The molecule has 0 spiro atoms. The first-order chi connectivity index (χ1) is 9.04. The molecule has 0 radical (unpaired) electrons. The maximum atomic E-state index is 11.3. The Kier molecular flexibility index (Phi) is 3.35. The van der Waals surface area contributed by atoms with Gasteiger partial charge in [0.2, 0.25) is 0 Å². The molecule has 1 aromatic heterocycles. The second-order valence-corrected chi connectivity index (χ2v) is 6.98. The molecule has 0 amide bonds. The van der Waals surface area contributed by atoms with Crippen LogP contribution in [-0.4, -0.2) is 28.3 Å². The van der Waals surface area contributed by atoms with E-state index in [-0.39, 0.29) is 6.10 Å². The van der Waals surface area contributed by atoms with Crippen LogP contribution in [0.4, 0.5) is 0 Å². The summed E-state index contributed by atoms with van der Waals surface area (Å²) in [5.74, 6) is -0.101. The fourth-order valence-corrected chi connectivity index (χ4v) is 4.22. The van der Waals surface area contributed by atoms with Gasteiger partial charge in [0.15, 0.2) is 0 Å². The lowest BCUT2D eigenvalue weighted by Crippen LogP contribution is -2.14. The Bertz CT molecular complexity index is 497. The number of hydrogen-bond acceptors (Lipinski definition) is 4. The summed E-state index contributed by atoms with van der Waals surface area (Å²) in [6.07, 6.45) is 4.64. The minimum Gasteiger partial charge on any atom is -0.477 e. The van der Waals surface area contributed by atoms with Crippen LogP contribution in [0, 0.1) is 5.92 Å². The van der Waals surface area contributed by atoms with E-state index in [1.165, 1.54) is 11.3 Å².